The number of fused-ring (bicyclic) bond motifs is 1. The number of esters is 1. The third-order valence-electron chi connectivity index (χ3n) is 6.51. The number of nitro benzene ring substituents is 1. The predicted molar refractivity (Wildman–Crippen MR) is 155 cm³/mol. The van der Waals surface area contributed by atoms with Crippen LogP contribution in [0.2, 0.25) is 5.02 Å². The Bertz CT molecular complexity index is 1890. The molecule has 1 aliphatic rings. The Hall–Kier alpha value is -4.52. The van der Waals surface area contributed by atoms with E-state index in [1.165, 1.54) is 37.0 Å². The molecule has 2 aromatic heterocycles. The SMILES string of the molecule is COCCOC(=O)C1=C(C)N=c2sc(=Cc3ccc(-c4cc([N+](=O)[O-])ccc4OC)o3)c(=O)n2C1c1ccc(Cl)cc1. The number of ether oxygens (including phenoxy) is 3. The maximum Gasteiger partial charge on any atom is 0.338 e. The van der Waals surface area contributed by atoms with Crippen LogP contribution in [-0.4, -0.2) is 42.9 Å². The third-order valence-corrected chi connectivity index (χ3v) is 7.74. The molecule has 11 nitrogen and oxygen atoms in total. The highest BCUT2D eigenvalue weighted by Gasteiger charge is 2.33. The molecule has 2 aromatic carbocycles. The van der Waals surface area contributed by atoms with Gasteiger partial charge in [0, 0.05) is 30.3 Å². The Labute approximate surface area is 247 Å². The third kappa shape index (κ3) is 5.64. The summed E-state index contributed by atoms with van der Waals surface area (Å²) in [5.74, 6) is 0.445. The molecule has 3 heterocycles. The average molecular weight is 610 g/mol. The van der Waals surface area contributed by atoms with E-state index in [4.69, 9.17) is 30.2 Å². The molecule has 13 heteroatoms. The number of nitro groups is 1. The van der Waals surface area contributed by atoms with Crippen molar-refractivity contribution in [2.75, 3.05) is 27.4 Å². The minimum atomic E-state index is -0.808. The normalized spacial score (nSPS) is 14.9. The number of benzene rings is 2. The van der Waals surface area contributed by atoms with E-state index in [1.807, 2.05) is 0 Å². The van der Waals surface area contributed by atoms with Crippen LogP contribution in [0.4, 0.5) is 5.69 Å². The highest BCUT2D eigenvalue weighted by atomic mass is 35.5. The van der Waals surface area contributed by atoms with Crippen molar-refractivity contribution in [2.45, 2.75) is 13.0 Å². The first-order valence-electron chi connectivity index (χ1n) is 12.6. The molecule has 0 spiro atoms. The van der Waals surface area contributed by atoms with Crippen molar-refractivity contribution >= 4 is 40.7 Å². The summed E-state index contributed by atoms with van der Waals surface area (Å²) in [5.41, 5.74) is 1.18. The van der Waals surface area contributed by atoms with E-state index >= 15 is 0 Å². The van der Waals surface area contributed by atoms with Gasteiger partial charge in [-0.3, -0.25) is 19.5 Å². The summed E-state index contributed by atoms with van der Waals surface area (Å²) < 4.78 is 23.5. The van der Waals surface area contributed by atoms with E-state index in [-0.39, 0.29) is 30.0 Å². The van der Waals surface area contributed by atoms with Crippen LogP contribution in [0, 0.1) is 10.1 Å². The number of nitrogens with zero attached hydrogens (tertiary/aromatic N) is 3. The molecule has 216 valence electrons. The fraction of sp³-hybridized carbons (Fsp3) is 0.207. The smallest absolute Gasteiger partial charge is 0.338 e. The first-order valence-corrected chi connectivity index (χ1v) is 13.8. The Morgan fingerprint density at radius 3 is 2.62 bits per heavy atom. The number of furan rings is 1. The van der Waals surface area contributed by atoms with Crippen molar-refractivity contribution in [1.29, 1.82) is 0 Å². The summed E-state index contributed by atoms with van der Waals surface area (Å²) in [5, 5.41) is 11.8. The Balaban J connectivity index is 1.60. The van der Waals surface area contributed by atoms with Gasteiger partial charge in [-0.1, -0.05) is 35.1 Å². The van der Waals surface area contributed by atoms with E-state index in [0.717, 1.165) is 11.3 Å². The molecule has 5 rings (SSSR count). The van der Waals surface area contributed by atoms with Crippen LogP contribution in [0.25, 0.3) is 17.4 Å². The minimum Gasteiger partial charge on any atom is -0.496 e. The zero-order chi connectivity index (χ0) is 30.0. The summed E-state index contributed by atoms with van der Waals surface area (Å²) in [6.45, 7) is 1.95. The van der Waals surface area contributed by atoms with Crippen LogP contribution < -0.4 is 19.6 Å². The fourth-order valence-corrected chi connectivity index (χ4v) is 5.70. The molecule has 0 N–H and O–H groups in total. The molecule has 1 aliphatic heterocycles. The Morgan fingerprint density at radius 1 is 1.17 bits per heavy atom. The van der Waals surface area contributed by atoms with E-state index in [9.17, 15) is 19.7 Å². The number of carbonyl (C=O) groups excluding carboxylic acids is 1. The van der Waals surface area contributed by atoms with Gasteiger partial charge >= 0.3 is 5.97 Å². The molecule has 42 heavy (non-hydrogen) atoms. The van der Waals surface area contributed by atoms with Crippen LogP contribution in [0.15, 0.2) is 80.1 Å². The van der Waals surface area contributed by atoms with Crippen molar-refractivity contribution in [3.8, 4) is 17.1 Å². The first-order chi connectivity index (χ1) is 20.2. The Kier molecular flexibility index (Phi) is 8.39. The number of non-ortho nitro benzene ring substituents is 1. The topological polar surface area (TPSA) is 135 Å². The number of aromatic nitrogens is 1. The summed E-state index contributed by atoms with van der Waals surface area (Å²) >= 11 is 7.26. The van der Waals surface area contributed by atoms with E-state index in [1.54, 1.807) is 49.4 Å². The second kappa shape index (κ2) is 12.1. The molecule has 0 saturated heterocycles. The van der Waals surface area contributed by atoms with Gasteiger partial charge in [-0.05, 0) is 42.8 Å². The van der Waals surface area contributed by atoms with Gasteiger partial charge in [0.1, 0.15) is 23.9 Å². The summed E-state index contributed by atoms with van der Waals surface area (Å²) in [4.78, 5) is 42.8. The van der Waals surface area contributed by atoms with Gasteiger partial charge in [0.05, 0.1) is 46.0 Å². The molecule has 0 bridgehead atoms. The van der Waals surface area contributed by atoms with Crippen molar-refractivity contribution < 1.29 is 28.3 Å². The quantitative estimate of drug-likeness (QED) is 0.119. The molecule has 4 aromatic rings. The van der Waals surface area contributed by atoms with Crippen LogP contribution >= 0.6 is 22.9 Å². The highest BCUT2D eigenvalue weighted by Crippen LogP contribution is 2.35. The van der Waals surface area contributed by atoms with Crippen LogP contribution in [-0.2, 0) is 14.3 Å². The second-order valence-corrected chi connectivity index (χ2v) is 10.6. The number of halogens is 1. The summed E-state index contributed by atoms with van der Waals surface area (Å²) in [6, 6.07) is 13.5. The second-order valence-electron chi connectivity index (χ2n) is 9.11. The standard InChI is InChI=1S/C29H24ClN3O8S/c1-16-25(28(35)40-13-12-38-2)26(17-4-6-18(30)7-5-17)32-27(34)24(42-29(32)31-16)15-20-9-11-23(41-20)21-14-19(33(36)37)8-10-22(21)39-3/h4-11,14-15,26H,12-13H2,1-3H3. The molecular weight excluding hydrogens is 586 g/mol. The van der Waals surface area contributed by atoms with E-state index in [2.05, 4.69) is 4.99 Å². The fourth-order valence-electron chi connectivity index (χ4n) is 4.55. The number of methoxy groups -OCH3 is 2. The van der Waals surface area contributed by atoms with Crippen molar-refractivity contribution in [1.82, 2.24) is 4.57 Å². The molecule has 1 atom stereocenters. The zero-order valence-corrected chi connectivity index (χ0v) is 24.2. The van der Waals surface area contributed by atoms with Crippen molar-refractivity contribution in [2.24, 2.45) is 4.99 Å². The molecule has 0 fully saturated rings. The zero-order valence-electron chi connectivity index (χ0n) is 22.7. The molecule has 0 amide bonds. The number of rotatable bonds is 9. The van der Waals surface area contributed by atoms with Gasteiger partial charge in [-0.15, -0.1) is 0 Å². The first kappa shape index (κ1) is 29.0. The lowest BCUT2D eigenvalue weighted by atomic mass is 9.96. The maximum absolute atomic E-state index is 13.8. The number of carbonyl (C=O) groups is 1. The van der Waals surface area contributed by atoms with Crippen molar-refractivity contribution in [3.63, 3.8) is 0 Å². The number of allylic oxidation sites excluding steroid dienone is 1. The van der Waals surface area contributed by atoms with Gasteiger partial charge in [-0.25, -0.2) is 9.79 Å². The summed E-state index contributed by atoms with van der Waals surface area (Å²) in [7, 11) is 2.96. The highest BCUT2D eigenvalue weighted by molar-refractivity contribution is 7.07. The van der Waals surface area contributed by atoms with Gasteiger partial charge in [-0.2, -0.15) is 0 Å². The van der Waals surface area contributed by atoms with E-state index < -0.39 is 16.9 Å². The van der Waals surface area contributed by atoms with Crippen LogP contribution in [0.3, 0.4) is 0 Å². The van der Waals surface area contributed by atoms with Crippen LogP contribution in [0.5, 0.6) is 5.75 Å². The van der Waals surface area contributed by atoms with Gasteiger partial charge in [0.25, 0.3) is 11.2 Å². The lowest BCUT2D eigenvalue weighted by Crippen LogP contribution is -2.40. The van der Waals surface area contributed by atoms with Crippen LogP contribution in [0.1, 0.15) is 24.3 Å². The number of hydrogen-bond acceptors (Lipinski definition) is 10. The van der Waals surface area contributed by atoms with E-state index in [0.29, 0.717) is 48.5 Å². The molecule has 0 saturated carbocycles. The molecule has 0 aliphatic carbocycles. The maximum atomic E-state index is 13.8. The number of thiazole rings is 1. The van der Waals surface area contributed by atoms with Gasteiger partial charge < -0.3 is 18.6 Å². The lowest BCUT2D eigenvalue weighted by molar-refractivity contribution is -0.384. The monoisotopic (exact) mass is 609 g/mol. The Morgan fingerprint density at radius 2 is 1.93 bits per heavy atom. The lowest BCUT2D eigenvalue weighted by Gasteiger charge is -2.24. The average Bonchev–Trinajstić information content (AvgIpc) is 3.56. The van der Waals surface area contributed by atoms with Gasteiger partial charge in [0.2, 0.25) is 0 Å². The van der Waals surface area contributed by atoms with Gasteiger partial charge in [0.15, 0.2) is 4.80 Å². The number of hydrogen-bond donors (Lipinski definition) is 0. The van der Waals surface area contributed by atoms with Crippen molar-refractivity contribution in [3.05, 3.63) is 112 Å². The molecule has 0 radical (unpaired) electrons. The largest absolute Gasteiger partial charge is 0.496 e. The molecule has 1 unspecified atom stereocenters. The molecular formula is C29H24ClN3O8S. The predicted octanol–water partition coefficient (Wildman–Crippen LogP) is 4.26. The minimum absolute atomic E-state index is 0.0417. The summed E-state index contributed by atoms with van der Waals surface area (Å²) in [6.07, 6.45) is 1.56.